The van der Waals surface area contributed by atoms with Gasteiger partial charge in [0.2, 0.25) is 0 Å². The highest BCUT2D eigenvalue weighted by Gasteiger charge is 2.10. The molecule has 0 fully saturated rings. The van der Waals surface area contributed by atoms with Crippen molar-refractivity contribution < 1.29 is 14.3 Å². The number of hydrogen-bond acceptors (Lipinski definition) is 4. The van der Waals surface area contributed by atoms with Crippen molar-refractivity contribution in [3.63, 3.8) is 0 Å². The van der Waals surface area contributed by atoms with Crippen molar-refractivity contribution >= 4 is 5.97 Å². The third-order valence-electron chi connectivity index (χ3n) is 2.88. The van der Waals surface area contributed by atoms with Gasteiger partial charge in [0, 0.05) is 11.3 Å². The van der Waals surface area contributed by atoms with Gasteiger partial charge in [-0.15, -0.1) is 0 Å². The molecule has 0 saturated heterocycles. The summed E-state index contributed by atoms with van der Waals surface area (Å²) in [6.07, 6.45) is 0. The number of benzene rings is 1. The second-order valence-electron chi connectivity index (χ2n) is 4.05. The Balaban J connectivity index is 2.37. The van der Waals surface area contributed by atoms with E-state index in [4.69, 9.17) is 4.74 Å². The molecule has 4 heteroatoms. The number of aromatic nitrogens is 1. The zero-order chi connectivity index (χ0) is 13.8. The predicted octanol–water partition coefficient (Wildman–Crippen LogP) is 2.85. The molecular formula is C15H15NO3. The van der Waals surface area contributed by atoms with Crippen LogP contribution in [0.3, 0.4) is 0 Å². The average molecular weight is 257 g/mol. The van der Waals surface area contributed by atoms with E-state index >= 15 is 0 Å². The van der Waals surface area contributed by atoms with Crippen molar-refractivity contribution in [2.24, 2.45) is 0 Å². The molecule has 0 bridgehead atoms. The molecule has 1 aromatic carbocycles. The van der Waals surface area contributed by atoms with E-state index in [0.29, 0.717) is 5.69 Å². The molecule has 2 aromatic rings. The van der Waals surface area contributed by atoms with Gasteiger partial charge in [-0.2, -0.15) is 0 Å². The van der Waals surface area contributed by atoms with Crippen molar-refractivity contribution in [3.05, 3.63) is 47.8 Å². The van der Waals surface area contributed by atoms with Gasteiger partial charge in [-0.25, -0.2) is 9.78 Å². The summed E-state index contributed by atoms with van der Waals surface area (Å²) in [7, 11) is 2.98. The first-order chi connectivity index (χ1) is 9.15. The van der Waals surface area contributed by atoms with Gasteiger partial charge in [-0.3, -0.25) is 0 Å². The van der Waals surface area contributed by atoms with Crippen LogP contribution in [0.15, 0.2) is 36.4 Å². The molecule has 0 saturated carbocycles. The van der Waals surface area contributed by atoms with E-state index in [1.807, 2.05) is 37.3 Å². The first kappa shape index (κ1) is 13.1. The maximum Gasteiger partial charge on any atom is 0.356 e. The smallest absolute Gasteiger partial charge is 0.356 e. The van der Waals surface area contributed by atoms with Crippen LogP contribution >= 0.6 is 0 Å². The molecule has 0 unspecified atom stereocenters. The Bertz CT molecular complexity index is 591. The zero-order valence-electron chi connectivity index (χ0n) is 11.1. The summed E-state index contributed by atoms with van der Waals surface area (Å²) in [4.78, 5) is 15.7. The van der Waals surface area contributed by atoms with Gasteiger partial charge in [0.25, 0.3) is 0 Å². The van der Waals surface area contributed by atoms with Gasteiger partial charge in [-0.1, -0.05) is 18.2 Å². The van der Waals surface area contributed by atoms with Gasteiger partial charge in [0.05, 0.1) is 14.2 Å². The molecule has 2 rings (SSSR count). The number of methoxy groups -OCH3 is 2. The first-order valence-electron chi connectivity index (χ1n) is 5.86. The Morgan fingerprint density at radius 2 is 1.74 bits per heavy atom. The minimum Gasteiger partial charge on any atom is -0.497 e. The quantitative estimate of drug-likeness (QED) is 0.793. The number of esters is 1. The second-order valence-corrected chi connectivity index (χ2v) is 4.05. The minimum absolute atomic E-state index is 0.317. The zero-order valence-corrected chi connectivity index (χ0v) is 11.1. The van der Waals surface area contributed by atoms with Gasteiger partial charge < -0.3 is 9.47 Å². The predicted molar refractivity (Wildman–Crippen MR) is 72.3 cm³/mol. The van der Waals surface area contributed by atoms with Crippen molar-refractivity contribution in [1.29, 1.82) is 0 Å². The number of hydrogen-bond donors (Lipinski definition) is 0. The van der Waals surface area contributed by atoms with Crippen LogP contribution < -0.4 is 4.74 Å². The van der Waals surface area contributed by atoms with Crippen LogP contribution in [0.1, 0.15) is 16.2 Å². The Morgan fingerprint density at radius 3 is 2.26 bits per heavy atom. The summed E-state index contributed by atoms with van der Waals surface area (Å²) in [5.74, 6) is 0.380. The van der Waals surface area contributed by atoms with Gasteiger partial charge >= 0.3 is 5.97 Å². The van der Waals surface area contributed by atoms with Gasteiger partial charge in [0.15, 0.2) is 0 Å². The highest BCUT2D eigenvalue weighted by molar-refractivity contribution is 5.87. The van der Waals surface area contributed by atoms with E-state index in [2.05, 4.69) is 9.72 Å². The van der Waals surface area contributed by atoms with Crippen LogP contribution in [-0.4, -0.2) is 25.2 Å². The number of aryl methyl sites for hydroxylation is 1. The number of pyridine rings is 1. The molecule has 1 heterocycles. The lowest BCUT2D eigenvalue weighted by Crippen LogP contribution is -2.05. The summed E-state index contributed by atoms with van der Waals surface area (Å²) >= 11 is 0. The highest BCUT2D eigenvalue weighted by Crippen LogP contribution is 2.24. The van der Waals surface area contributed by atoms with E-state index in [1.54, 1.807) is 13.2 Å². The molecule has 0 aliphatic carbocycles. The molecule has 1 aromatic heterocycles. The summed E-state index contributed by atoms with van der Waals surface area (Å²) in [5.41, 5.74) is 3.11. The summed E-state index contributed by atoms with van der Waals surface area (Å²) in [5, 5.41) is 0. The number of nitrogens with zero attached hydrogens (tertiary/aromatic N) is 1. The molecule has 0 aliphatic rings. The molecular weight excluding hydrogens is 242 g/mol. The van der Waals surface area contributed by atoms with Crippen molar-refractivity contribution in [3.8, 4) is 16.9 Å². The minimum atomic E-state index is -0.426. The Morgan fingerprint density at radius 1 is 1.05 bits per heavy atom. The third-order valence-corrected chi connectivity index (χ3v) is 2.88. The molecule has 0 N–H and O–H groups in total. The number of rotatable bonds is 3. The van der Waals surface area contributed by atoms with E-state index < -0.39 is 5.97 Å². The van der Waals surface area contributed by atoms with Crippen LogP contribution in [0.5, 0.6) is 5.75 Å². The molecule has 0 amide bonds. The Kier molecular flexibility index (Phi) is 3.80. The number of carbonyl (C=O) groups excluding carboxylic acids is 1. The fraction of sp³-hybridized carbons (Fsp3) is 0.200. The molecule has 0 radical (unpaired) electrons. The lowest BCUT2D eigenvalue weighted by Gasteiger charge is -2.08. The van der Waals surface area contributed by atoms with E-state index in [1.165, 1.54) is 7.11 Å². The first-order valence-corrected chi connectivity index (χ1v) is 5.86. The molecule has 0 atom stereocenters. The van der Waals surface area contributed by atoms with Crippen molar-refractivity contribution in [2.75, 3.05) is 14.2 Å². The average Bonchev–Trinajstić information content (AvgIpc) is 2.46. The summed E-state index contributed by atoms with van der Waals surface area (Å²) < 4.78 is 9.77. The lowest BCUT2D eigenvalue weighted by atomic mass is 10.0. The van der Waals surface area contributed by atoms with Gasteiger partial charge in [0.1, 0.15) is 11.4 Å². The molecule has 19 heavy (non-hydrogen) atoms. The Labute approximate surface area is 112 Å². The SMILES string of the molecule is COC(=O)c1ccc(-c2ccc(OC)cc2)c(C)n1. The van der Waals surface area contributed by atoms with Crippen LogP contribution in [-0.2, 0) is 4.74 Å². The fourth-order valence-electron chi connectivity index (χ4n) is 1.85. The fourth-order valence-corrected chi connectivity index (χ4v) is 1.85. The monoisotopic (exact) mass is 257 g/mol. The largest absolute Gasteiger partial charge is 0.497 e. The maximum atomic E-state index is 11.4. The van der Waals surface area contributed by atoms with E-state index in [9.17, 15) is 4.79 Å². The standard InChI is InChI=1S/C15H15NO3/c1-10-13(8-9-14(16-10)15(17)19-3)11-4-6-12(18-2)7-5-11/h4-9H,1-3H3. The molecule has 4 nitrogen and oxygen atoms in total. The highest BCUT2D eigenvalue weighted by atomic mass is 16.5. The van der Waals surface area contributed by atoms with Gasteiger partial charge in [-0.05, 0) is 30.7 Å². The molecule has 0 spiro atoms. The normalized spacial score (nSPS) is 10.1. The molecule has 98 valence electrons. The van der Waals surface area contributed by atoms with Crippen molar-refractivity contribution in [2.45, 2.75) is 6.92 Å². The van der Waals surface area contributed by atoms with Crippen LogP contribution in [0.2, 0.25) is 0 Å². The third kappa shape index (κ3) is 2.73. The number of ether oxygens (including phenoxy) is 2. The van der Waals surface area contributed by atoms with E-state index in [0.717, 1.165) is 22.6 Å². The topological polar surface area (TPSA) is 48.4 Å². The van der Waals surface area contributed by atoms with Crippen LogP contribution in [0.4, 0.5) is 0 Å². The lowest BCUT2D eigenvalue weighted by molar-refractivity contribution is 0.0594. The second kappa shape index (κ2) is 5.52. The molecule has 0 aliphatic heterocycles. The van der Waals surface area contributed by atoms with Crippen LogP contribution in [0, 0.1) is 6.92 Å². The van der Waals surface area contributed by atoms with E-state index in [-0.39, 0.29) is 0 Å². The Hall–Kier alpha value is -2.36. The van der Waals surface area contributed by atoms with Crippen molar-refractivity contribution in [1.82, 2.24) is 4.98 Å². The number of carbonyl (C=O) groups is 1. The maximum absolute atomic E-state index is 11.4. The summed E-state index contributed by atoms with van der Waals surface area (Å²) in [6, 6.07) is 11.2. The van der Waals surface area contributed by atoms with Crippen LogP contribution in [0.25, 0.3) is 11.1 Å². The summed E-state index contributed by atoms with van der Waals surface area (Å²) in [6.45, 7) is 1.87.